The van der Waals surface area contributed by atoms with E-state index in [2.05, 4.69) is 45.6 Å². The first-order valence-corrected chi connectivity index (χ1v) is 20.0. The van der Waals surface area contributed by atoms with E-state index in [0.29, 0.717) is 30.2 Å². The van der Waals surface area contributed by atoms with Gasteiger partial charge in [0.1, 0.15) is 34.6 Å². The molecule has 4 heterocycles. The molecule has 20 nitrogen and oxygen atoms in total. The average molecular weight is 855 g/mol. The normalized spacial score (nSPS) is 19.5. The van der Waals surface area contributed by atoms with Gasteiger partial charge in [0.15, 0.2) is 0 Å². The zero-order valence-corrected chi connectivity index (χ0v) is 35.2. The predicted octanol–water partition coefficient (Wildman–Crippen LogP) is 7.45. The summed E-state index contributed by atoms with van der Waals surface area (Å²) in [6.07, 6.45) is 0.906. The molecule has 61 heavy (non-hydrogen) atoms. The van der Waals surface area contributed by atoms with Gasteiger partial charge in [-0.15, -0.1) is 0 Å². The maximum atomic E-state index is 13.8. The molecule has 6 atom stereocenters. The molecule has 21 heteroatoms. The Labute approximate surface area is 356 Å². The summed E-state index contributed by atoms with van der Waals surface area (Å²) in [5.41, 5.74) is 23.0. The largest absolute Gasteiger partial charge is 0.453 e. The van der Waals surface area contributed by atoms with E-state index in [9.17, 15) is 19.2 Å². The Morgan fingerprint density at radius 2 is 1.18 bits per heavy atom. The molecule has 2 aromatic heterocycles. The highest BCUT2D eigenvalue weighted by Gasteiger charge is 2.43. The molecule has 2 aromatic carbocycles. The smallest absolute Gasteiger partial charge is 0.407 e. The van der Waals surface area contributed by atoms with Gasteiger partial charge in [-0.1, -0.05) is 98.1 Å². The highest BCUT2D eigenvalue weighted by molar-refractivity contribution is 6.31. The Hall–Kier alpha value is -6.75. The second kappa shape index (κ2) is 19.1. The number of carbonyl (C=O) groups excluding carboxylic acids is 4. The molecule has 0 radical (unpaired) electrons. The summed E-state index contributed by atoms with van der Waals surface area (Å²) in [7, 11) is 2.46. The van der Waals surface area contributed by atoms with Gasteiger partial charge in [-0.05, 0) is 52.4 Å². The van der Waals surface area contributed by atoms with E-state index in [0.717, 1.165) is 27.9 Å². The Balaban J connectivity index is 1.18. The summed E-state index contributed by atoms with van der Waals surface area (Å²) in [6, 6.07) is 11.7. The first-order chi connectivity index (χ1) is 29.3. The van der Waals surface area contributed by atoms with Crippen LogP contribution in [0.1, 0.15) is 64.3 Å². The summed E-state index contributed by atoms with van der Waals surface area (Å²) in [5, 5.41) is 13.3. The minimum absolute atomic E-state index is 0.137. The third-order valence-corrected chi connectivity index (χ3v) is 11.2. The number of methoxy groups -OCH3 is 2. The predicted molar refractivity (Wildman–Crippen MR) is 224 cm³/mol. The number of hydrogen-bond acceptors (Lipinski definition) is 10. The number of ether oxygens (including phenoxy) is 2. The third-order valence-electron chi connectivity index (χ3n) is 10.9. The number of rotatable bonds is 13. The Morgan fingerprint density at radius 1 is 0.738 bits per heavy atom. The van der Waals surface area contributed by atoms with Crippen LogP contribution in [0.15, 0.2) is 65.0 Å². The number of benzene rings is 2. The lowest BCUT2D eigenvalue weighted by Gasteiger charge is -2.30. The van der Waals surface area contributed by atoms with Crippen molar-refractivity contribution in [2.24, 2.45) is 22.1 Å². The number of imidazole rings is 2. The van der Waals surface area contributed by atoms with Crippen LogP contribution in [0.3, 0.4) is 0 Å². The summed E-state index contributed by atoms with van der Waals surface area (Å²) in [5.74, 6) is -0.244. The second-order valence-corrected chi connectivity index (χ2v) is 15.9. The molecule has 0 spiro atoms. The number of aromatic nitrogens is 4. The van der Waals surface area contributed by atoms with Crippen LogP contribution in [0.5, 0.6) is 0 Å². The molecule has 0 bridgehead atoms. The van der Waals surface area contributed by atoms with Crippen molar-refractivity contribution in [3.63, 3.8) is 0 Å². The highest BCUT2D eigenvalue weighted by atomic mass is 35.5. The lowest BCUT2D eigenvalue weighted by atomic mass is 10.0. The van der Waals surface area contributed by atoms with Crippen molar-refractivity contribution >= 4 is 35.6 Å². The average Bonchev–Trinajstić information content (AvgIpc) is 4.08. The number of likely N-dealkylation sites (tertiary alicyclic amines) is 2. The molecule has 2 saturated heterocycles. The van der Waals surface area contributed by atoms with Crippen molar-refractivity contribution in [3.05, 3.63) is 92.4 Å². The molecular formula is C40H47ClN14O6. The van der Waals surface area contributed by atoms with Crippen LogP contribution in [0.25, 0.3) is 54.5 Å². The number of azide groups is 2. The van der Waals surface area contributed by atoms with Gasteiger partial charge < -0.3 is 39.9 Å². The fourth-order valence-corrected chi connectivity index (χ4v) is 7.98. The van der Waals surface area contributed by atoms with Gasteiger partial charge >= 0.3 is 12.2 Å². The van der Waals surface area contributed by atoms with Crippen LogP contribution < -0.4 is 10.6 Å². The van der Waals surface area contributed by atoms with Crippen molar-refractivity contribution in [2.75, 3.05) is 27.3 Å². The monoisotopic (exact) mass is 854 g/mol. The Bertz CT molecular complexity index is 2330. The maximum absolute atomic E-state index is 13.8. The van der Waals surface area contributed by atoms with Crippen molar-refractivity contribution in [3.8, 4) is 33.6 Å². The number of hydrogen-bond donors (Lipinski definition) is 4. The number of alkyl carbamates (subject to hydrolysis) is 2. The fourth-order valence-electron chi connectivity index (χ4n) is 7.74. The molecule has 0 unspecified atom stereocenters. The van der Waals surface area contributed by atoms with Crippen LogP contribution in [-0.4, -0.2) is 105 Å². The standard InChI is InChI=1S/C40H47ClN14O6/c1-20(2)31(47-39(58)60-5)37(56)54-18-26(50-52-42)15-29(54)35-44-17-28(45-35)24-11-7-22(8-12-24)23-9-13-25(14-10-23)33-34(41)49-36(46-33)30-16-27(51-53-43)19-55(30)38(57)32(21(3)4)48-40(59)61-6/h7-14,17,20-21,26-27,29-32H,15-16,18-19H2,1-6H3,(H,44,45)(H,46,49)(H,47,58)(H,48,59)/t26-,27-,29-,30-,31-,32-/m0/s1. The minimum atomic E-state index is -0.884. The topological polar surface area (TPSA) is 272 Å². The SMILES string of the molecule is COC(=O)N[C@H](C(=O)N1C[C@@H](N=[N+]=[N-])C[C@H]1c1ncc(-c2ccc(-c3ccc(-c4nc([C@@H]5C[C@H](N=[N+]=[N-])CN5C(=O)[C@@H](NC(=O)OC)C(C)C)[nH]c4Cl)cc3)cc2)[nH]1)C(C)C. The van der Waals surface area contributed by atoms with E-state index in [1.165, 1.54) is 14.2 Å². The van der Waals surface area contributed by atoms with E-state index in [1.54, 1.807) is 16.0 Å². The van der Waals surface area contributed by atoms with Gasteiger partial charge in [-0.3, -0.25) is 9.59 Å². The molecule has 6 rings (SSSR count). The summed E-state index contributed by atoms with van der Waals surface area (Å²) in [4.78, 5) is 76.6. The number of halogens is 1. The van der Waals surface area contributed by atoms with Gasteiger partial charge in [0.05, 0.1) is 50.3 Å². The number of amides is 4. The maximum Gasteiger partial charge on any atom is 0.407 e. The van der Waals surface area contributed by atoms with Crippen molar-refractivity contribution in [1.29, 1.82) is 0 Å². The van der Waals surface area contributed by atoms with Crippen molar-refractivity contribution < 1.29 is 28.7 Å². The number of carbonyl (C=O) groups is 4. The minimum Gasteiger partial charge on any atom is -0.453 e. The number of nitrogens with zero attached hydrogens (tertiary/aromatic N) is 10. The fraction of sp³-hybridized carbons (Fsp3) is 0.450. The van der Waals surface area contributed by atoms with E-state index in [1.807, 2.05) is 76.2 Å². The van der Waals surface area contributed by atoms with Crippen LogP contribution in [0.2, 0.25) is 5.15 Å². The molecule has 0 aliphatic carbocycles. The molecule has 2 aliphatic rings. The zero-order chi connectivity index (χ0) is 44.0. The number of nitrogens with one attached hydrogen (secondary N) is 4. The van der Waals surface area contributed by atoms with Gasteiger partial charge in [0, 0.05) is 28.5 Å². The quantitative estimate of drug-likeness (QED) is 0.0594. The van der Waals surface area contributed by atoms with E-state index >= 15 is 0 Å². The summed E-state index contributed by atoms with van der Waals surface area (Å²) < 4.78 is 9.48. The molecule has 4 aromatic rings. The second-order valence-electron chi connectivity index (χ2n) is 15.5. The molecule has 4 amide bonds. The molecule has 320 valence electrons. The Kier molecular flexibility index (Phi) is 13.7. The van der Waals surface area contributed by atoms with Crippen LogP contribution in [0, 0.1) is 11.8 Å². The van der Waals surface area contributed by atoms with Gasteiger partial charge in [0.25, 0.3) is 0 Å². The summed E-state index contributed by atoms with van der Waals surface area (Å²) >= 11 is 6.71. The zero-order valence-electron chi connectivity index (χ0n) is 34.4. The van der Waals surface area contributed by atoms with Crippen LogP contribution >= 0.6 is 11.6 Å². The Morgan fingerprint density at radius 3 is 1.62 bits per heavy atom. The van der Waals surface area contributed by atoms with E-state index in [-0.39, 0.29) is 41.9 Å². The van der Waals surface area contributed by atoms with Crippen LogP contribution in [-0.2, 0) is 19.1 Å². The van der Waals surface area contributed by atoms with Gasteiger partial charge in [-0.2, -0.15) is 0 Å². The van der Waals surface area contributed by atoms with E-state index in [4.69, 9.17) is 37.1 Å². The molecular weight excluding hydrogens is 808 g/mol. The lowest BCUT2D eigenvalue weighted by Crippen LogP contribution is -2.51. The van der Waals surface area contributed by atoms with Crippen LogP contribution in [0.4, 0.5) is 9.59 Å². The molecule has 2 fully saturated rings. The van der Waals surface area contributed by atoms with E-state index < -0.39 is 48.4 Å². The highest BCUT2D eigenvalue weighted by Crippen LogP contribution is 2.38. The first-order valence-electron chi connectivity index (χ1n) is 19.7. The van der Waals surface area contributed by atoms with Gasteiger partial charge in [-0.25, -0.2) is 19.6 Å². The first kappa shape index (κ1) is 43.8. The molecule has 0 saturated carbocycles. The molecule has 4 N–H and O–H groups in total. The number of aromatic amines is 2. The number of H-pyrrole nitrogens is 2. The van der Waals surface area contributed by atoms with Crippen molar-refractivity contribution in [2.45, 2.75) is 76.8 Å². The van der Waals surface area contributed by atoms with Crippen molar-refractivity contribution in [1.82, 2.24) is 40.4 Å². The third kappa shape index (κ3) is 9.67. The molecule has 2 aliphatic heterocycles. The lowest BCUT2D eigenvalue weighted by molar-refractivity contribution is -0.136. The van der Waals surface area contributed by atoms with Gasteiger partial charge in [0.2, 0.25) is 11.8 Å². The summed E-state index contributed by atoms with van der Waals surface area (Å²) in [6.45, 7) is 7.57.